The van der Waals surface area contributed by atoms with E-state index in [-0.39, 0.29) is 10.8 Å². The summed E-state index contributed by atoms with van der Waals surface area (Å²) in [5, 5.41) is 40.4. The van der Waals surface area contributed by atoms with Crippen LogP contribution in [0, 0.1) is 0 Å². The first-order valence-electron chi connectivity index (χ1n) is 8.28. The highest BCUT2D eigenvalue weighted by molar-refractivity contribution is 5.91. The molecule has 7 nitrogen and oxygen atoms in total. The largest absolute Gasteiger partial charge is 0.456 e. The molecular weight excluding hydrogens is 340 g/mol. The standard InChI is InChI=1S/C19H18O7/c20-8-13-16(22)17(23)18(24)19(26-13)10-5-3-7-12-14(10)15(21)9-4-1-2-6-11(9)25-12/h1-7,13,16-20,22-24H,8H2. The Labute approximate surface area is 147 Å². The molecule has 26 heavy (non-hydrogen) atoms. The molecule has 1 aliphatic rings. The van der Waals surface area contributed by atoms with Crippen LogP contribution in [-0.2, 0) is 4.74 Å². The quantitative estimate of drug-likeness (QED) is 0.491. The fraction of sp³-hybridized carbons (Fsp3) is 0.316. The van der Waals surface area contributed by atoms with Crippen molar-refractivity contribution in [3.63, 3.8) is 0 Å². The van der Waals surface area contributed by atoms with Crippen molar-refractivity contribution < 1.29 is 29.6 Å². The second-order valence-electron chi connectivity index (χ2n) is 6.40. The third-order valence-corrected chi connectivity index (χ3v) is 4.84. The molecule has 1 aliphatic heterocycles. The van der Waals surface area contributed by atoms with Gasteiger partial charge in [0.15, 0.2) is 0 Å². The van der Waals surface area contributed by atoms with Crippen molar-refractivity contribution in [2.24, 2.45) is 0 Å². The molecule has 1 fully saturated rings. The maximum atomic E-state index is 13.0. The summed E-state index contributed by atoms with van der Waals surface area (Å²) in [6.45, 7) is -0.538. The Balaban J connectivity index is 1.94. The Bertz CT molecular complexity index is 1010. The third-order valence-electron chi connectivity index (χ3n) is 4.84. The van der Waals surface area contributed by atoms with Crippen molar-refractivity contribution in [1.29, 1.82) is 0 Å². The highest BCUT2D eigenvalue weighted by Crippen LogP contribution is 2.35. The molecular formula is C19H18O7. The second kappa shape index (κ2) is 6.46. The van der Waals surface area contributed by atoms with Crippen molar-refractivity contribution in [2.75, 3.05) is 6.61 Å². The van der Waals surface area contributed by atoms with E-state index in [2.05, 4.69) is 0 Å². The number of rotatable bonds is 2. The van der Waals surface area contributed by atoms with Crippen LogP contribution in [0.15, 0.2) is 51.7 Å². The lowest BCUT2D eigenvalue weighted by molar-refractivity contribution is -0.231. The Hall–Kier alpha value is -2.29. The van der Waals surface area contributed by atoms with Crippen LogP contribution < -0.4 is 5.43 Å². The minimum absolute atomic E-state index is 0.232. The van der Waals surface area contributed by atoms with Crippen LogP contribution in [0.2, 0.25) is 0 Å². The number of hydrogen-bond acceptors (Lipinski definition) is 7. The summed E-state index contributed by atoms with van der Waals surface area (Å²) in [6, 6.07) is 11.7. The molecule has 5 unspecified atom stereocenters. The topological polar surface area (TPSA) is 120 Å². The number of hydrogen-bond donors (Lipinski definition) is 4. The van der Waals surface area contributed by atoms with Gasteiger partial charge in [0.1, 0.15) is 41.7 Å². The van der Waals surface area contributed by atoms with Gasteiger partial charge in [-0.1, -0.05) is 24.3 Å². The van der Waals surface area contributed by atoms with Gasteiger partial charge in [-0.2, -0.15) is 0 Å². The van der Waals surface area contributed by atoms with Crippen LogP contribution >= 0.6 is 0 Å². The molecule has 0 saturated carbocycles. The number of para-hydroxylation sites is 1. The van der Waals surface area contributed by atoms with E-state index in [1.165, 1.54) is 0 Å². The first-order valence-corrected chi connectivity index (χ1v) is 8.28. The maximum Gasteiger partial charge on any atom is 0.200 e. The molecule has 3 aromatic rings. The molecule has 1 aromatic heterocycles. The Morgan fingerprint density at radius 3 is 2.38 bits per heavy atom. The van der Waals surface area contributed by atoms with Crippen molar-refractivity contribution in [1.82, 2.24) is 0 Å². The molecule has 2 heterocycles. The van der Waals surface area contributed by atoms with Gasteiger partial charge in [0.2, 0.25) is 5.43 Å². The average Bonchev–Trinajstić information content (AvgIpc) is 2.66. The second-order valence-corrected chi connectivity index (χ2v) is 6.40. The summed E-state index contributed by atoms with van der Waals surface area (Å²) in [7, 11) is 0. The van der Waals surface area contributed by atoms with Gasteiger partial charge in [0.05, 0.1) is 17.4 Å². The monoisotopic (exact) mass is 358 g/mol. The van der Waals surface area contributed by atoms with Gasteiger partial charge in [0, 0.05) is 0 Å². The highest BCUT2D eigenvalue weighted by Gasteiger charge is 2.44. The van der Waals surface area contributed by atoms with E-state index in [0.717, 1.165) is 0 Å². The van der Waals surface area contributed by atoms with Crippen LogP contribution in [-0.4, -0.2) is 51.4 Å². The predicted octanol–water partition coefficient (Wildman–Crippen LogP) is 0.461. The highest BCUT2D eigenvalue weighted by atomic mass is 16.5. The molecule has 7 heteroatoms. The maximum absolute atomic E-state index is 13.0. The van der Waals surface area contributed by atoms with E-state index in [4.69, 9.17) is 9.15 Å². The zero-order chi connectivity index (χ0) is 18.4. The molecule has 4 N–H and O–H groups in total. The first kappa shape index (κ1) is 17.1. The summed E-state index contributed by atoms with van der Waals surface area (Å²) in [5.74, 6) is 0. The van der Waals surface area contributed by atoms with Crippen LogP contribution in [0.4, 0.5) is 0 Å². The molecule has 0 amide bonds. The fourth-order valence-electron chi connectivity index (χ4n) is 3.47. The number of ether oxygens (including phenoxy) is 1. The third kappa shape index (κ3) is 2.53. The lowest BCUT2D eigenvalue weighted by atomic mass is 9.89. The Morgan fingerprint density at radius 1 is 0.885 bits per heavy atom. The van der Waals surface area contributed by atoms with Gasteiger partial charge in [-0.25, -0.2) is 0 Å². The molecule has 0 spiro atoms. The van der Waals surface area contributed by atoms with Gasteiger partial charge >= 0.3 is 0 Å². The zero-order valence-electron chi connectivity index (χ0n) is 13.6. The molecule has 136 valence electrons. The molecule has 5 atom stereocenters. The number of aliphatic hydroxyl groups is 4. The van der Waals surface area contributed by atoms with E-state index in [0.29, 0.717) is 22.1 Å². The normalized spacial score (nSPS) is 29.3. The molecule has 0 aliphatic carbocycles. The smallest absolute Gasteiger partial charge is 0.200 e. The van der Waals surface area contributed by atoms with Crippen molar-refractivity contribution in [2.45, 2.75) is 30.5 Å². The summed E-state index contributed by atoms with van der Waals surface area (Å²) in [6.07, 6.45) is -6.60. The SMILES string of the molecule is O=c1c2ccccc2oc2cccc(C3OC(CO)C(O)C(O)C3O)c12. The Morgan fingerprint density at radius 2 is 1.62 bits per heavy atom. The van der Waals surface area contributed by atoms with Crippen LogP contribution in [0.3, 0.4) is 0 Å². The van der Waals surface area contributed by atoms with Crippen molar-refractivity contribution >= 4 is 21.9 Å². The van der Waals surface area contributed by atoms with E-state index in [9.17, 15) is 25.2 Å². The molecule has 4 rings (SSSR count). The minimum Gasteiger partial charge on any atom is -0.456 e. The minimum atomic E-state index is -1.52. The number of benzene rings is 2. The van der Waals surface area contributed by atoms with E-state index in [1.807, 2.05) is 0 Å². The number of fused-ring (bicyclic) bond motifs is 2. The lowest BCUT2D eigenvalue weighted by Gasteiger charge is -2.40. The number of aliphatic hydroxyl groups excluding tert-OH is 4. The van der Waals surface area contributed by atoms with Crippen LogP contribution in [0.5, 0.6) is 0 Å². The van der Waals surface area contributed by atoms with Crippen LogP contribution in [0.1, 0.15) is 11.7 Å². The fourth-order valence-corrected chi connectivity index (χ4v) is 3.47. The van der Waals surface area contributed by atoms with E-state index in [1.54, 1.807) is 42.5 Å². The van der Waals surface area contributed by atoms with E-state index < -0.39 is 37.1 Å². The van der Waals surface area contributed by atoms with Crippen molar-refractivity contribution in [3.8, 4) is 0 Å². The molecule has 0 radical (unpaired) electrons. The Kier molecular flexibility index (Phi) is 4.26. The summed E-state index contributed by atoms with van der Waals surface area (Å²) < 4.78 is 11.4. The van der Waals surface area contributed by atoms with Gasteiger partial charge in [-0.3, -0.25) is 4.79 Å². The van der Waals surface area contributed by atoms with Gasteiger partial charge in [0.25, 0.3) is 0 Å². The average molecular weight is 358 g/mol. The lowest BCUT2D eigenvalue weighted by Crippen LogP contribution is -2.55. The zero-order valence-corrected chi connectivity index (χ0v) is 13.6. The first-order chi connectivity index (χ1) is 12.5. The predicted molar refractivity (Wildman–Crippen MR) is 92.7 cm³/mol. The molecule has 2 aromatic carbocycles. The summed E-state index contributed by atoms with van der Waals surface area (Å²) in [4.78, 5) is 13.0. The van der Waals surface area contributed by atoms with Gasteiger partial charge in [-0.05, 0) is 23.8 Å². The molecule has 1 saturated heterocycles. The summed E-state index contributed by atoms with van der Waals surface area (Å²) >= 11 is 0. The van der Waals surface area contributed by atoms with Gasteiger partial charge < -0.3 is 29.6 Å². The van der Waals surface area contributed by atoms with Gasteiger partial charge in [-0.15, -0.1) is 0 Å². The van der Waals surface area contributed by atoms with E-state index >= 15 is 0 Å². The van der Waals surface area contributed by atoms with Crippen LogP contribution in [0.25, 0.3) is 21.9 Å². The molecule has 0 bridgehead atoms. The van der Waals surface area contributed by atoms with Crippen molar-refractivity contribution in [3.05, 3.63) is 58.3 Å². The summed E-state index contributed by atoms with van der Waals surface area (Å²) in [5.41, 5.74) is 0.812.